The molecule has 3 aromatic rings. The maximum atomic E-state index is 3.63. The quantitative estimate of drug-likeness (QED) is 0.305. The molecule has 1 aromatic heterocycles. The van der Waals surface area contributed by atoms with Crippen LogP contribution in [0.2, 0.25) is 0 Å². The van der Waals surface area contributed by atoms with Crippen LogP contribution in [0.15, 0.2) is 45.3 Å². The van der Waals surface area contributed by atoms with E-state index in [1.165, 1.54) is 66.8 Å². The maximum absolute atomic E-state index is 3.63. The molecule has 0 radical (unpaired) electrons. The van der Waals surface area contributed by atoms with Gasteiger partial charge in [-0.05, 0) is 30.7 Å². The first-order valence-corrected chi connectivity index (χ1v) is 10.7. The van der Waals surface area contributed by atoms with Gasteiger partial charge in [-0.1, -0.05) is 89.4 Å². The summed E-state index contributed by atoms with van der Waals surface area (Å²) in [5.74, 6) is 0. The Kier molecular flexibility index (Phi) is 6.40. The molecule has 24 heavy (non-hydrogen) atoms. The number of rotatable bonds is 8. The molecule has 0 atom stereocenters. The van der Waals surface area contributed by atoms with Crippen LogP contribution in [0.4, 0.5) is 0 Å². The Bertz CT molecular complexity index is 760. The zero-order valence-electron chi connectivity index (χ0n) is 14.3. The molecular formula is C21H25Br2N. The Morgan fingerprint density at radius 3 is 1.75 bits per heavy atom. The van der Waals surface area contributed by atoms with E-state index in [2.05, 4.69) is 79.7 Å². The van der Waals surface area contributed by atoms with E-state index >= 15 is 0 Å². The van der Waals surface area contributed by atoms with Gasteiger partial charge >= 0.3 is 0 Å². The highest BCUT2D eigenvalue weighted by atomic mass is 79.9. The smallest absolute Gasteiger partial charge is 0.0502 e. The third-order valence-corrected chi connectivity index (χ3v) is 5.76. The third kappa shape index (κ3) is 4.05. The van der Waals surface area contributed by atoms with Crippen molar-refractivity contribution in [3.63, 3.8) is 0 Å². The van der Waals surface area contributed by atoms with Crippen molar-refractivity contribution in [3.05, 3.63) is 45.3 Å². The van der Waals surface area contributed by atoms with Crippen molar-refractivity contribution in [1.29, 1.82) is 0 Å². The largest absolute Gasteiger partial charge is 0.340 e. The number of halogens is 2. The summed E-state index contributed by atoms with van der Waals surface area (Å²) in [6.45, 7) is 3.37. The topological polar surface area (TPSA) is 4.93 Å². The fourth-order valence-electron chi connectivity index (χ4n) is 3.51. The lowest BCUT2D eigenvalue weighted by Crippen LogP contribution is -1.98. The number of aryl methyl sites for hydroxylation is 1. The minimum absolute atomic E-state index is 1.10. The van der Waals surface area contributed by atoms with Crippen LogP contribution >= 0.6 is 31.9 Å². The lowest BCUT2D eigenvalue weighted by molar-refractivity contribution is 0.561. The molecule has 0 N–H and O–H groups in total. The SMILES string of the molecule is CCCCCCCCCn1c2cc(Br)ccc2c2ccc(Br)cc21. The molecule has 0 aliphatic carbocycles. The van der Waals surface area contributed by atoms with Gasteiger partial charge in [-0.15, -0.1) is 0 Å². The van der Waals surface area contributed by atoms with E-state index in [0.717, 1.165) is 15.5 Å². The van der Waals surface area contributed by atoms with Gasteiger partial charge in [0.15, 0.2) is 0 Å². The number of unbranched alkanes of at least 4 members (excludes halogenated alkanes) is 6. The summed E-state index contributed by atoms with van der Waals surface area (Å²) < 4.78 is 4.79. The Morgan fingerprint density at radius 1 is 0.708 bits per heavy atom. The molecule has 0 bridgehead atoms. The summed E-state index contributed by atoms with van der Waals surface area (Å²) in [4.78, 5) is 0. The fraction of sp³-hybridized carbons (Fsp3) is 0.429. The molecule has 0 amide bonds. The number of aromatic nitrogens is 1. The lowest BCUT2D eigenvalue weighted by Gasteiger charge is -2.08. The Labute approximate surface area is 161 Å². The Morgan fingerprint density at radius 2 is 1.21 bits per heavy atom. The summed E-state index contributed by atoms with van der Waals surface area (Å²) in [7, 11) is 0. The monoisotopic (exact) mass is 449 g/mol. The van der Waals surface area contributed by atoms with Crippen LogP contribution in [-0.2, 0) is 6.54 Å². The Balaban J connectivity index is 1.79. The van der Waals surface area contributed by atoms with Gasteiger partial charge in [0.25, 0.3) is 0 Å². The van der Waals surface area contributed by atoms with Crippen molar-refractivity contribution in [2.24, 2.45) is 0 Å². The molecule has 3 rings (SSSR count). The van der Waals surface area contributed by atoms with E-state index in [4.69, 9.17) is 0 Å². The van der Waals surface area contributed by atoms with Gasteiger partial charge in [-0.3, -0.25) is 0 Å². The van der Waals surface area contributed by atoms with Crippen LogP contribution in [0.1, 0.15) is 51.9 Å². The van der Waals surface area contributed by atoms with Crippen LogP contribution in [0, 0.1) is 0 Å². The molecule has 1 heterocycles. The van der Waals surface area contributed by atoms with Gasteiger partial charge in [-0.25, -0.2) is 0 Å². The second-order valence-corrected chi connectivity index (χ2v) is 8.43. The van der Waals surface area contributed by atoms with Crippen LogP contribution in [0.3, 0.4) is 0 Å². The maximum Gasteiger partial charge on any atom is 0.0502 e. The lowest BCUT2D eigenvalue weighted by atomic mass is 10.1. The average Bonchev–Trinajstić information content (AvgIpc) is 2.86. The van der Waals surface area contributed by atoms with Gasteiger partial charge in [0.2, 0.25) is 0 Å². The molecule has 0 aliphatic heterocycles. The standard InChI is InChI=1S/C21H25Br2N/c1-2-3-4-5-6-7-8-13-24-20-14-16(22)9-11-18(20)19-12-10-17(23)15-21(19)24/h9-12,14-15H,2-8,13H2,1H3. The molecular weight excluding hydrogens is 426 g/mol. The predicted octanol–water partition coefficient (Wildman–Crippen LogP) is 8.07. The highest BCUT2D eigenvalue weighted by Gasteiger charge is 2.11. The zero-order valence-corrected chi connectivity index (χ0v) is 17.5. The van der Waals surface area contributed by atoms with Gasteiger partial charge in [-0.2, -0.15) is 0 Å². The van der Waals surface area contributed by atoms with Crippen molar-refractivity contribution in [3.8, 4) is 0 Å². The molecule has 2 aromatic carbocycles. The number of benzene rings is 2. The molecule has 0 aliphatic rings. The number of nitrogens with zero attached hydrogens (tertiary/aromatic N) is 1. The second kappa shape index (κ2) is 8.53. The Hall–Kier alpha value is -0.800. The third-order valence-electron chi connectivity index (χ3n) is 4.78. The molecule has 0 saturated heterocycles. The molecule has 0 fully saturated rings. The summed E-state index contributed by atoms with van der Waals surface area (Å²) in [6.07, 6.45) is 9.44. The van der Waals surface area contributed by atoms with Crippen molar-refractivity contribution in [2.75, 3.05) is 0 Å². The minimum Gasteiger partial charge on any atom is -0.340 e. The highest BCUT2D eigenvalue weighted by Crippen LogP contribution is 2.33. The minimum atomic E-state index is 1.10. The summed E-state index contributed by atoms with van der Waals surface area (Å²) >= 11 is 7.27. The fourth-order valence-corrected chi connectivity index (χ4v) is 4.21. The number of fused-ring (bicyclic) bond motifs is 3. The highest BCUT2D eigenvalue weighted by molar-refractivity contribution is 9.10. The summed E-state index contributed by atoms with van der Waals surface area (Å²) in [5.41, 5.74) is 2.67. The zero-order chi connectivity index (χ0) is 16.9. The molecule has 0 unspecified atom stereocenters. The van der Waals surface area contributed by atoms with Crippen LogP contribution in [-0.4, -0.2) is 4.57 Å². The van der Waals surface area contributed by atoms with E-state index in [-0.39, 0.29) is 0 Å². The van der Waals surface area contributed by atoms with E-state index < -0.39 is 0 Å². The van der Waals surface area contributed by atoms with Crippen molar-refractivity contribution in [1.82, 2.24) is 4.57 Å². The molecule has 0 saturated carbocycles. The normalized spacial score (nSPS) is 11.6. The van der Waals surface area contributed by atoms with Crippen LogP contribution in [0.5, 0.6) is 0 Å². The van der Waals surface area contributed by atoms with Gasteiger partial charge in [0, 0.05) is 26.3 Å². The first-order chi connectivity index (χ1) is 11.7. The predicted molar refractivity (Wildman–Crippen MR) is 113 cm³/mol. The summed E-state index contributed by atoms with van der Waals surface area (Å²) in [6, 6.07) is 13.3. The van der Waals surface area contributed by atoms with E-state index in [1.807, 2.05) is 0 Å². The van der Waals surface area contributed by atoms with E-state index in [0.29, 0.717) is 0 Å². The average molecular weight is 451 g/mol. The first-order valence-electron chi connectivity index (χ1n) is 9.07. The molecule has 1 nitrogen and oxygen atoms in total. The van der Waals surface area contributed by atoms with Crippen LogP contribution < -0.4 is 0 Å². The van der Waals surface area contributed by atoms with Gasteiger partial charge < -0.3 is 4.57 Å². The van der Waals surface area contributed by atoms with Crippen molar-refractivity contribution >= 4 is 53.7 Å². The van der Waals surface area contributed by atoms with Crippen LogP contribution in [0.25, 0.3) is 21.8 Å². The van der Waals surface area contributed by atoms with E-state index in [1.54, 1.807) is 0 Å². The van der Waals surface area contributed by atoms with Crippen molar-refractivity contribution < 1.29 is 0 Å². The number of hydrogen-bond donors (Lipinski definition) is 0. The first kappa shape index (κ1) is 18.0. The van der Waals surface area contributed by atoms with E-state index in [9.17, 15) is 0 Å². The van der Waals surface area contributed by atoms with Crippen molar-refractivity contribution in [2.45, 2.75) is 58.4 Å². The van der Waals surface area contributed by atoms with Gasteiger partial charge in [0.05, 0.1) is 11.0 Å². The second-order valence-electron chi connectivity index (χ2n) is 6.60. The van der Waals surface area contributed by atoms with Gasteiger partial charge in [0.1, 0.15) is 0 Å². The molecule has 0 spiro atoms. The molecule has 3 heteroatoms. The molecule has 128 valence electrons. The summed E-state index contributed by atoms with van der Waals surface area (Å²) in [5, 5.41) is 2.70. The number of hydrogen-bond acceptors (Lipinski definition) is 0.